The fourth-order valence-corrected chi connectivity index (χ4v) is 2.47. The van der Waals surface area contributed by atoms with Crippen LogP contribution in [0.5, 0.6) is 0 Å². The lowest BCUT2D eigenvalue weighted by atomic mass is 10.0. The van der Waals surface area contributed by atoms with Crippen molar-refractivity contribution in [2.75, 3.05) is 18.5 Å². The molecule has 0 fully saturated rings. The average molecular weight is 353 g/mol. The molecular formula is C14H20BrF3N2. The predicted octanol–water partition coefficient (Wildman–Crippen LogP) is 4.28. The van der Waals surface area contributed by atoms with E-state index in [1.54, 1.807) is 0 Å². The molecule has 2 N–H and O–H groups in total. The third kappa shape index (κ3) is 4.66. The number of nitrogens with zero attached hydrogens (tertiary/aromatic N) is 1. The van der Waals surface area contributed by atoms with E-state index in [0.29, 0.717) is 16.9 Å². The molecule has 1 rings (SSSR count). The third-order valence-electron chi connectivity index (χ3n) is 3.34. The highest BCUT2D eigenvalue weighted by molar-refractivity contribution is 9.10. The van der Waals surface area contributed by atoms with Crippen LogP contribution in [0.3, 0.4) is 0 Å². The first-order valence-corrected chi connectivity index (χ1v) is 7.25. The maximum absolute atomic E-state index is 12.6. The second-order valence-corrected chi connectivity index (χ2v) is 6.14. The molecule has 0 heterocycles. The number of halogens is 4. The summed E-state index contributed by atoms with van der Waals surface area (Å²) in [5.41, 5.74) is 6.05. The maximum atomic E-state index is 12.6. The van der Waals surface area contributed by atoms with Gasteiger partial charge in [0, 0.05) is 24.1 Å². The second kappa shape index (κ2) is 6.80. The van der Waals surface area contributed by atoms with Gasteiger partial charge < -0.3 is 10.6 Å². The van der Waals surface area contributed by atoms with E-state index in [9.17, 15) is 13.2 Å². The zero-order chi connectivity index (χ0) is 15.5. The third-order valence-corrected chi connectivity index (χ3v) is 3.98. The Morgan fingerprint density at radius 2 is 1.90 bits per heavy atom. The summed E-state index contributed by atoms with van der Waals surface area (Å²) in [6.45, 7) is 4.81. The van der Waals surface area contributed by atoms with Crippen LogP contribution >= 0.6 is 15.9 Å². The first kappa shape index (κ1) is 17.3. The van der Waals surface area contributed by atoms with Crippen LogP contribution in [0.1, 0.15) is 25.8 Å². The molecular weight excluding hydrogens is 333 g/mol. The number of hydrogen-bond acceptors (Lipinski definition) is 2. The average Bonchev–Trinajstić information content (AvgIpc) is 2.34. The zero-order valence-electron chi connectivity index (χ0n) is 11.8. The number of hydrogen-bond donors (Lipinski definition) is 1. The van der Waals surface area contributed by atoms with Crippen molar-refractivity contribution in [3.8, 4) is 0 Å². The fourth-order valence-electron chi connectivity index (χ4n) is 1.79. The highest BCUT2D eigenvalue weighted by atomic mass is 79.9. The van der Waals surface area contributed by atoms with Gasteiger partial charge in [-0.15, -0.1) is 0 Å². The lowest BCUT2D eigenvalue weighted by Crippen LogP contribution is -2.32. The molecule has 1 unspecified atom stereocenters. The van der Waals surface area contributed by atoms with Crippen LogP contribution in [0.2, 0.25) is 0 Å². The Labute approximate surface area is 126 Å². The number of alkyl halides is 3. The lowest BCUT2D eigenvalue weighted by Gasteiger charge is -2.24. The van der Waals surface area contributed by atoms with Gasteiger partial charge in [0.15, 0.2) is 0 Å². The summed E-state index contributed by atoms with van der Waals surface area (Å²) in [7, 11) is 1.85. The molecule has 0 aliphatic carbocycles. The van der Waals surface area contributed by atoms with Crippen molar-refractivity contribution in [1.82, 2.24) is 0 Å². The van der Waals surface area contributed by atoms with Gasteiger partial charge in [-0.25, -0.2) is 0 Å². The smallest absolute Gasteiger partial charge is 0.374 e. The summed E-state index contributed by atoms with van der Waals surface area (Å²) in [6.07, 6.45) is -3.53. The largest absolute Gasteiger partial charge is 0.416 e. The Bertz CT molecular complexity index is 447. The molecule has 0 amide bonds. The highest BCUT2D eigenvalue weighted by Crippen LogP contribution is 2.35. The molecule has 0 saturated carbocycles. The second-order valence-electron chi connectivity index (χ2n) is 5.28. The van der Waals surface area contributed by atoms with Crippen LogP contribution in [0.4, 0.5) is 18.9 Å². The highest BCUT2D eigenvalue weighted by Gasteiger charge is 2.31. The van der Waals surface area contributed by atoms with Gasteiger partial charge in [-0.1, -0.05) is 13.8 Å². The van der Waals surface area contributed by atoms with Crippen molar-refractivity contribution in [1.29, 1.82) is 0 Å². The van der Waals surface area contributed by atoms with Crippen LogP contribution in [-0.2, 0) is 6.18 Å². The molecule has 6 heteroatoms. The maximum Gasteiger partial charge on any atom is 0.416 e. The first-order valence-electron chi connectivity index (χ1n) is 6.46. The predicted molar refractivity (Wildman–Crippen MR) is 79.8 cm³/mol. The molecule has 0 bridgehead atoms. The van der Waals surface area contributed by atoms with E-state index in [0.717, 1.165) is 24.2 Å². The minimum absolute atomic E-state index is 0.0886. The Morgan fingerprint density at radius 3 is 2.35 bits per heavy atom. The van der Waals surface area contributed by atoms with Crippen LogP contribution in [0, 0.1) is 5.92 Å². The van der Waals surface area contributed by atoms with E-state index in [1.165, 1.54) is 6.07 Å². The molecule has 0 aliphatic rings. The molecule has 0 aromatic heterocycles. The van der Waals surface area contributed by atoms with Crippen LogP contribution in [0.15, 0.2) is 22.7 Å². The minimum atomic E-state index is -4.32. The van der Waals surface area contributed by atoms with E-state index in [1.807, 2.05) is 11.9 Å². The minimum Gasteiger partial charge on any atom is -0.374 e. The molecule has 0 spiro atoms. The topological polar surface area (TPSA) is 29.3 Å². The van der Waals surface area contributed by atoms with Crippen LogP contribution in [0.25, 0.3) is 0 Å². The van der Waals surface area contributed by atoms with E-state index >= 15 is 0 Å². The SMILES string of the molecule is CC(C)C(N)CCN(C)c1ccc(C(F)(F)F)cc1Br. The van der Waals surface area contributed by atoms with Crippen LogP contribution < -0.4 is 10.6 Å². The Morgan fingerprint density at radius 1 is 1.30 bits per heavy atom. The first-order chi connectivity index (χ1) is 9.12. The van der Waals surface area contributed by atoms with Crippen LogP contribution in [-0.4, -0.2) is 19.6 Å². The lowest BCUT2D eigenvalue weighted by molar-refractivity contribution is -0.137. The van der Waals surface area contributed by atoms with E-state index < -0.39 is 11.7 Å². The number of anilines is 1. The summed E-state index contributed by atoms with van der Waals surface area (Å²) >= 11 is 3.20. The van der Waals surface area contributed by atoms with Gasteiger partial charge in [0.2, 0.25) is 0 Å². The van der Waals surface area contributed by atoms with Gasteiger partial charge in [0.1, 0.15) is 0 Å². The molecule has 0 saturated heterocycles. The van der Waals surface area contributed by atoms with Crippen molar-refractivity contribution < 1.29 is 13.2 Å². The van der Waals surface area contributed by atoms with Gasteiger partial charge in [0.05, 0.1) is 11.3 Å². The number of nitrogens with two attached hydrogens (primary N) is 1. The molecule has 20 heavy (non-hydrogen) atoms. The van der Waals surface area contributed by atoms with Crippen molar-refractivity contribution in [3.63, 3.8) is 0 Å². The summed E-state index contributed by atoms with van der Waals surface area (Å²) in [5, 5.41) is 0. The Kier molecular flexibility index (Phi) is 5.89. The van der Waals surface area contributed by atoms with Gasteiger partial charge in [0.25, 0.3) is 0 Å². The van der Waals surface area contributed by atoms with Gasteiger partial charge in [-0.05, 0) is 46.5 Å². The van der Waals surface area contributed by atoms with Crippen molar-refractivity contribution in [2.24, 2.45) is 11.7 Å². The number of rotatable bonds is 5. The Hall–Kier alpha value is -0.750. The molecule has 1 aromatic rings. The summed E-state index contributed by atoms with van der Waals surface area (Å²) in [6, 6.07) is 3.77. The van der Waals surface area contributed by atoms with E-state index in [2.05, 4.69) is 29.8 Å². The molecule has 2 nitrogen and oxygen atoms in total. The summed E-state index contributed by atoms with van der Waals surface area (Å²) in [5.74, 6) is 0.388. The molecule has 0 radical (unpaired) electrons. The van der Waals surface area contributed by atoms with E-state index in [4.69, 9.17) is 5.73 Å². The normalized spacial score (nSPS) is 13.7. The molecule has 1 aromatic carbocycles. The Balaban J connectivity index is 2.77. The van der Waals surface area contributed by atoms with Gasteiger partial charge >= 0.3 is 6.18 Å². The van der Waals surface area contributed by atoms with Gasteiger partial charge in [-0.2, -0.15) is 13.2 Å². The summed E-state index contributed by atoms with van der Waals surface area (Å²) in [4.78, 5) is 1.91. The monoisotopic (exact) mass is 352 g/mol. The van der Waals surface area contributed by atoms with Gasteiger partial charge in [-0.3, -0.25) is 0 Å². The van der Waals surface area contributed by atoms with Crippen molar-refractivity contribution in [3.05, 3.63) is 28.2 Å². The molecule has 0 aliphatic heterocycles. The number of benzene rings is 1. The molecule has 114 valence electrons. The van der Waals surface area contributed by atoms with E-state index in [-0.39, 0.29) is 6.04 Å². The fraction of sp³-hybridized carbons (Fsp3) is 0.571. The van der Waals surface area contributed by atoms with Crippen molar-refractivity contribution >= 4 is 21.6 Å². The summed E-state index contributed by atoms with van der Waals surface area (Å²) < 4.78 is 38.2. The molecule has 1 atom stereocenters. The zero-order valence-corrected chi connectivity index (χ0v) is 13.4. The van der Waals surface area contributed by atoms with Crippen molar-refractivity contribution in [2.45, 2.75) is 32.5 Å². The quantitative estimate of drug-likeness (QED) is 0.856. The standard InChI is InChI=1S/C14H20BrF3N2/c1-9(2)12(19)6-7-20(3)13-5-4-10(8-11(13)15)14(16,17)18/h4-5,8-9,12H,6-7,19H2,1-3H3.